The van der Waals surface area contributed by atoms with Gasteiger partial charge < -0.3 is 15.8 Å². The number of nitrogen functional groups attached to an aromatic ring is 1. The van der Waals surface area contributed by atoms with E-state index in [1.54, 1.807) is 11.3 Å². The highest BCUT2D eigenvalue weighted by Crippen LogP contribution is 2.26. The highest BCUT2D eigenvalue weighted by molar-refractivity contribution is 7.09. The van der Waals surface area contributed by atoms with E-state index in [9.17, 15) is 0 Å². The maximum atomic E-state index is 5.92. The second kappa shape index (κ2) is 7.20. The summed E-state index contributed by atoms with van der Waals surface area (Å²) in [6.07, 6.45) is 2.00. The quantitative estimate of drug-likeness (QED) is 0.753. The van der Waals surface area contributed by atoms with Crippen molar-refractivity contribution >= 4 is 22.7 Å². The van der Waals surface area contributed by atoms with Crippen LogP contribution in [0.2, 0.25) is 0 Å². The van der Waals surface area contributed by atoms with Gasteiger partial charge >= 0.3 is 0 Å². The van der Waals surface area contributed by atoms with Crippen molar-refractivity contribution in [3.05, 3.63) is 40.6 Å². The van der Waals surface area contributed by atoms with Crippen LogP contribution in [-0.4, -0.2) is 12.6 Å². The minimum atomic E-state index is 0.372. The van der Waals surface area contributed by atoms with Crippen LogP contribution in [0, 0.1) is 0 Å². The number of ether oxygens (including phenoxy) is 1. The number of thiophene rings is 1. The van der Waals surface area contributed by atoms with Crippen LogP contribution in [0.5, 0.6) is 5.75 Å². The van der Waals surface area contributed by atoms with Crippen molar-refractivity contribution < 1.29 is 4.74 Å². The predicted molar refractivity (Wildman–Crippen MR) is 87.7 cm³/mol. The summed E-state index contributed by atoms with van der Waals surface area (Å²) in [4.78, 5) is 1.39. The van der Waals surface area contributed by atoms with Crippen LogP contribution < -0.4 is 15.8 Å². The molecule has 0 amide bonds. The Kier molecular flexibility index (Phi) is 5.30. The van der Waals surface area contributed by atoms with Gasteiger partial charge in [-0.1, -0.05) is 13.0 Å². The molecule has 0 fully saturated rings. The molecule has 4 heteroatoms. The number of anilines is 2. The van der Waals surface area contributed by atoms with Crippen molar-refractivity contribution in [2.24, 2.45) is 0 Å². The lowest BCUT2D eigenvalue weighted by Crippen LogP contribution is -2.17. The van der Waals surface area contributed by atoms with Crippen molar-refractivity contribution in [2.45, 2.75) is 32.7 Å². The monoisotopic (exact) mass is 290 g/mol. The van der Waals surface area contributed by atoms with Crippen LogP contribution in [0.1, 0.15) is 25.1 Å². The number of hydrogen-bond donors (Lipinski definition) is 2. The van der Waals surface area contributed by atoms with E-state index in [1.165, 1.54) is 4.88 Å². The molecule has 3 nitrogen and oxygen atoms in total. The average molecular weight is 290 g/mol. The van der Waals surface area contributed by atoms with Crippen molar-refractivity contribution in [1.29, 1.82) is 0 Å². The molecule has 1 unspecified atom stereocenters. The molecule has 1 heterocycles. The summed E-state index contributed by atoms with van der Waals surface area (Å²) in [5.41, 5.74) is 7.66. The van der Waals surface area contributed by atoms with Crippen molar-refractivity contribution in [3.8, 4) is 5.75 Å². The Bertz CT molecular complexity index is 525. The third-order valence-corrected chi connectivity index (χ3v) is 3.87. The highest BCUT2D eigenvalue weighted by atomic mass is 32.1. The van der Waals surface area contributed by atoms with Gasteiger partial charge in [0.15, 0.2) is 0 Å². The first-order chi connectivity index (χ1) is 9.69. The van der Waals surface area contributed by atoms with Crippen LogP contribution >= 0.6 is 11.3 Å². The molecular formula is C16H22N2OS. The second-order valence-corrected chi connectivity index (χ2v) is 5.96. The summed E-state index contributed by atoms with van der Waals surface area (Å²) in [5, 5.41) is 5.61. The van der Waals surface area contributed by atoms with Gasteiger partial charge in [0.1, 0.15) is 5.75 Å². The molecule has 1 aromatic carbocycles. The molecule has 0 saturated heterocycles. The Morgan fingerprint density at radius 3 is 2.90 bits per heavy atom. The molecule has 2 rings (SSSR count). The lowest BCUT2D eigenvalue weighted by molar-refractivity contribution is 0.319. The van der Waals surface area contributed by atoms with Gasteiger partial charge in [0.05, 0.1) is 12.3 Å². The molecule has 0 bridgehead atoms. The minimum absolute atomic E-state index is 0.372. The fraction of sp³-hybridized carbons (Fsp3) is 0.375. The molecule has 2 aromatic rings. The van der Waals surface area contributed by atoms with Crippen LogP contribution in [0.25, 0.3) is 0 Å². The average Bonchev–Trinajstić information content (AvgIpc) is 2.92. The van der Waals surface area contributed by atoms with Crippen molar-refractivity contribution in [3.63, 3.8) is 0 Å². The molecule has 0 spiro atoms. The van der Waals surface area contributed by atoms with Gasteiger partial charge in [-0.2, -0.15) is 0 Å². The first-order valence-corrected chi connectivity index (χ1v) is 7.88. The van der Waals surface area contributed by atoms with Crippen molar-refractivity contribution in [1.82, 2.24) is 0 Å². The van der Waals surface area contributed by atoms with E-state index in [0.717, 1.165) is 24.3 Å². The fourth-order valence-corrected chi connectivity index (χ4v) is 2.86. The molecule has 20 heavy (non-hydrogen) atoms. The normalized spacial score (nSPS) is 12.1. The summed E-state index contributed by atoms with van der Waals surface area (Å²) in [6, 6.07) is 10.5. The minimum Gasteiger partial charge on any atom is -0.491 e. The van der Waals surface area contributed by atoms with Gasteiger partial charge in [-0.25, -0.2) is 0 Å². The Morgan fingerprint density at radius 1 is 1.35 bits per heavy atom. The molecule has 0 aliphatic carbocycles. The number of nitrogens with one attached hydrogen (secondary N) is 1. The molecule has 0 aliphatic rings. The van der Waals surface area contributed by atoms with E-state index in [2.05, 4.69) is 36.7 Å². The summed E-state index contributed by atoms with van der Waals surface area (Å²) in [5.74, 6) is 0.764. The zero-order chi connectivity index (χ0) is 14.4. The van der Waals surface area contributed by atoms with Gasteiger partial charge in [-0.3, -0.25) is 0 Å². The summed E-state index contributed by atoms with van der Waals surface area (Å²) in [7, 11) is 0. The molecular weight excluding hydrogens is 268 g/mol. The second-order valence-electron chi connectivity index (χ2n) is 4.93. The van der Waals surface area contributed by atoms with Crippen LogP contribution in [0.15, 0.2) is 35.7 Å². The van der Waals surface area contributed by atoms with Crippen LogP contribution in [0.3, 0.4) is 0 Å². The van der Waals surface area contributed by atoms with Gasteiger partial charge in [-0.15, -0.1) is 11.3 Å². The zero-order valence-corrected chi connectivity index (χ0v) is 12.9. The maximum absolute atomic E-state index is 5.92. The van der Waals surface area contributed by atoms with E-state index in [1.807, 2.05) is 18.2 Å². The number of hydrogen-bond acceptors (Lipinski definition) is 4. The molecule has 3 N–H and O–H groups in total. The maximum Gasteiger partial charge on any atom is 0.144 e. The van der Waals surface area contributed by atoms with Gasteiger partial charge in [0.2, 0.25) is 0 Å². The van der Waals surface area contributed by atoms with E-state index in [4.69, 9.17) is 10.5 Å². The van der Waals surface area contributed by atoms with Gasteiger partial charge in [0.25, 0.3) is 0 Å². The fourth-order valence-electron chi connectivity index (χ4n) is 2.03. The Labute approximate surface area is 124 Å². The standard InChI is InChI=1S/C16H22N2OS/c1-3-8-19-16-11-13(6-7-15(16)17)18-12(2)10-14-5-4-9-20-14/h4-7,9,11-12,18H,3,8,10,17H2,1-2H3. The smallest absolute Gasteiger partial charge is 0.144 e. The zero-order valence-electron chi connectivity index (χ0n) is 12.1. The largest absolute Gasteiger partial charge is 0.491 e. The highest BCUT2D eigenvalue weighted by Gasteiger charge is 2.07. The first kappa shape index (κ1) is 14.7. The van der Waals surface area contributed by atoms with E-state index in [0.29, 0.717) is 18.3 Å². The lowest BCUT2D eigenvalue weighted by Gasteiger charge is -2.16. The molecule has 0 radical (unpaired) electrons. The third kappa shape index (κ3) is 4.17. The van der Waals surface area contributed by atoms with Crippen LogP contribution in [0.4, 0.5) is 11.4 Å². The van der Waals surface area contributed by atoms with E-state index >= 15 is 0 Å². The third-order valence-electron chi connectivity index (χ3n) is 2.98. The molecule has 1 atom stereocenters. The van der Waals surface area contributed by atoms with E-state index in [-0.39, 0.29) is 0 Å². The molecule has 1 aromatic heterocycles. The number of rotatable bonds is 7. The van der Waals surface area contributed by atoms with E-state index < -0.39 is 0 Å². The Hall–Kier alpha value is -1.68. The first-order valence-electron chi connectivity index (χ1n) is 7.00. The van der Waals surface area contributed by atoms with Crippen LogP contribution in [-0.2, 0) is 6.42 Å². The molecule has 0 saturated carbocycles. The molecule has 108 valence electrons. The summed E-state index contributed by atoms with van der Waals surface area (Å²) in [6.45, 7) is 4.96. The predicted octanol–water partition coefficient (Wildman–Crippen LogP) is 4.16. The van der Waals surface area contributed by atoms with Crippen molar-refractivity contribution in [2.75, 3.05) is 17.7 Å². The van der Waals surface area contributed by atoms with Gasteiger partial charge in [0, 0.05) is 29.1 Å². The lowest BCUT2D eigenvalue weighted by atomic mass is 10.2. The number of benzene rings is 1. The van der Waals surface area contributed by atoms with Gasteiger partial charge in [-0.05, 0) is 36.9 Å². The Morgan fingerprint density at radius 2 is 2.20 bits per heavy atom. The summed E-state index contributed by atoms with van der Waals surface area (Å²) >= 11 is 1.79. The number of nitrogens with two attached hydrogens (primary N) is 1. The topological polar surface area (TPSA) is 47.3 Å². The summed E-state index contributed by atoms with van der Waals surface area (Å²) < 4.78 is 5.65. The Balaban J connectivity index is 1.98. The SMILES string of the molecule is CCCOc1cc(NC(C)Cc2cccs2)ccc1N. The molecule has 0 aliphatic heterocycles.